The second-order valence-corrected chi connectivity index (χ2v) is 7.05. The summed E-state index contributed by atoms with van der Waals surface area (Å²) < 4.78 is 16.9. The number of methoxy groups -OCH3 is 2. The SMILES string of the molecule is CCCC[C@@H]1CN(C(=O)c2ccc(OC)cc2OC)C[C@H](C2CC2)O1. The first-order valence-corrected chi connectivity index (χ1v) is 9.33. The van der Waals surface area contributed by atoms with Crippen molar-refractivity contribution in [2.45, 2.75) is 51.2 Å². The smallest absolute Gasteiger partial charge is 0.257 e. The van der Waals surface area contributed by atoms with Crippen LogP contribution in [0.1, 0.15) is 49.4 Å². The maximum absolute atomic E-state index is 13.1. The summed E-state index contributed by atoms with van der Waals surface area (Å²) in [4.78, 5) is 15.1. The van der Waals surface area contributed by atoms with Crippen LogP contribution in [-0.4, -0.2) is 50.3 Å². The van der Waals surface area contributed by atoms with Crippen LogP contribution in [0.4, 0.5) is 0 Å². The molecule has 1 aliphatic carbocycles. The van der Waals surface area contributed by atoms with Gasteiger partial charge in [-0.1, -0.05) is 19.8 Å². The molecular formula is C20H29NO4. The van der Waals surface area contributed by atoms with Crippen molar-refractivity contribution >= 4 is 5.91 Å². The molecular weight excluding hydrogens is 318 g/mol. The molecule has 0 radical (unpaired) electrons. The van der Waals surface area contributed by atoms with Crippen molar-refractivity contribution < 1.29 is 19.0 Å². The van der Waals surface area contributed by atoms with Gasteiger partial charge in [0.25, 0.3) is 5.91 Å². The van der Waals surface area contributed by atoms with Gasteiger partial charge in [-0.25, -0.2) is 0 Å². The Balaban J connectivity index is 1.77. The van der Waals surface area contributed by atoms with E-state index in [9.17, 15) is 4.79 Å². The third-order valence-electron chi connectivity index (χ3n) is 5.15. The van der Waals surface area contributed by atoms with Gasteiger partial charge in [0.05, 0.1) is 32.0 Å². The van der Waals surface area contributed by atoms with E-state index in [-0.39, 0.29) is 18.1 Å². The molecule has 0 aromatic heterocycles. The summed E-state index contributed by atoms with van der Waals surface area (Å²) in [5, 5.41) is 0. The number of ether oxygens (including phenoxy) is 3. The van der Waals surface area contributed by atoms with Crippen LogP contribution in [0.15, 0.2) is 18.2 Å². The molecule has 1 aromatic carbocycles. The predicted octanol–water partition coefficient (Wildman–Crippen LogP) is 3.51. The van der Waals surface area contributed by atoms with E-state index in [0.717, 1.165) is 19.3 Å². The highest BCUT2D eigenvalue weighted by Gasteiger charge is 2.40. The minimum absolute atomic E-state index is 0.0231. The largest absolute Gasteiger partial charge is 0.497 e. The summed E-state index contributed by atoms with van der Waals surface area (Å²) in [5.41, 5.74) is 0.592. The van der Waals surface area contributed by atoms with E-state index >= 15 is 0 Å². The molecule has 0 N–H and O–H groups in total. The van der Waals surface area contributed by atoms with E-state index in [1.165, 1.54) is 12.8 Å². The summed E-state index contributed by atoms with van der Waals surface area (Å²) in [6.07, 6.45) is 6.07. The molecule has 25 heavy (non-hydrogen) atoms. The Kier molecular flexibility index (Phi) is 5.84. The van der Waals surface area contributed by atoms with Gasteiger partial charge >= 0.3 is 0 Å². The Bertz CT molecular complexity index is 599. The first kappa shape index (κ1) is 18.1. The molecule has 2 fully saturated rings. The monoisotopic (exact) mass is 347 g/mol. The highest BCUT2D eigenvalue weighted by Crippen LogP contribution is 2.38. The maximum Gasteiger partial charge on any atom is 0.257 e. The lowest BCUT2D eigenvalue weighted by Gasteiger charge is -2.38. The van der Waals surface area contributed by atoms with Gasteiger partial charge in [-0.2, -0.15) is 0 Å². The van der Waals surface area contributed by atoms with Crippen molar-refractivity contribution in [3.05, 3.63) is 23.8 Å². The van der Waals surface area contributed by atoms with Crippen LogP contribution in [-0.2, 0) is 4.74 Å². The average molecular weight is 347 g/mol. The molecule has 1 saturated heterocycles. The molecule has 1 amide bonds. The summed E-state index contributed by atoms with van der Waals surface area (Å²) >= 11 is 0. The molecule has 1 heterocycles. The molecule has 2 atom stereocenters. The van der Waals surface area contributed by atoms with Gasteiger partial charge in [-0.05, 0) is 37.3 Å². The summed E-state index contributed by atoms with van der Waals surface area (Å²) in [7, 11) is 3.19. The molecule has 0 unspecified atom stereocenters. The zero-order valence-corrected chi connectivity index (χ0v) is 15.5. The minimum Gasteiger partial charge on any atom is -0.497 e. The highest BCUT2D eigenvalue weighted by molar-refractivity contribution is 5.97. The lowest BCUT2D eigenvalue weighted by atomic mass is 10.0. The summed E-state index contributed by atoms with van der Waals surface area (Å²) in [5.74, 6) is 1.89. The van der Waals surface area contributed by atoms with E-state index < -0.39 is 0 Å². The number of unbranched alkanes of at least 4 members (excludes halogenated alkanes) is 1. The van der Waals surface area contributed by atoms with Gasteiger partial charge in [-0.15, -0.1) is 0 Å². The van der Waals surface area contributed by atoms with Crippen molar-refractivity contribution in [2.24, 2.45) is 5.92 Å². The number of rotatable bonds is 7. The van der Waals surface area contributed by atoms with Gasteiger partial charge in [0, 0.05) is 19.2 Å². The summed E-state index contributed by atoms with van der Waals surface area (Å²) in [6.45, 7) is 3.53. The van der Waals surface area contributed by atoms with E-state index in [1.54, 1.807) is 26.4 Å². The van der Waals surface area contributed by atoms with Crippen molar-refractivity contribution in [2.75, 3.05) is 27.3 Å². The Morgan fingerprint density at radius 3 is 2.68 bits per heavy atom. The molecule has 3 rings (SSSR count). The number of amides is 1. The van der Waals surface area contributed by atoms with E-state index in [4.69, 9.17) is 14.2 Å². The molecule has 1 aliphatic heterocycles. The van der Waals surface area contributed by atoms with Crippen LogP contribution >= 0.6 is 0 Å². The fraction of sp³-hybridized carbons (Fsp3) is 0.650. The molecule has 5 nitrogen and oxygen atoms in total. The van der Waals surface area contributed by atoms with E-state index in [1.807, 2.05) is 11.0 Å². The number of morpholine rings is 1. The maximum atomic E-state index is 13.1. The number of hydrogen-bond donors (Lipinski definition) is 0. The van der Waals surface area contributed by atoms with Gasteiger partial charge in [0.1, 0.15) is 11.5 Å². The Morgan fingerprint density at radius 2 is 2.04 bits per heavy atom. The first-order valence-electron chi connectivity index (χ1n) is 9.33. The molecule has 2 aliphatic rings. The van der Waals surface area contributed by atoms with Crippen LogP contribution in [0.25, 0.3) is 0 Å². The van der Waals surface area contributed by atoms with Crippen molar-refractivity contribution in [1.29, 1.82) is 0 Å². The van der Waals surface area contributed by atoms with Gasteiger partial charge < -0.3 is 19.1 Å². The molecule has 1 saturated carbocycles. The second kappa shape index (κ2) is 8.09. The van der Waals surface area contributed by atoms with Gasteiger partial charge in [-0.3, -0.25) is 4.79 Å². The normalized spacial score (nSPS) is 23.4. The van der Waals surface area contributed by atoms with Crippen LogP contribution < -0.4 is 9.47 Å². The topological polar surface area (TPSA) is 48.0 Å². The van der Waals surface area contributed by atoms with Gasteiger partial charge in [0.15, 0.2) is 0 Å². The number of benzene rings is 1. The first-order chi connectivity index (χ1) is 12.2. The Morgan fingerprint density at radius 1 is 1.24 bits per heavy atom. The second-order valence-electron chi connectivity index (χ2n) is 7.05. The van der Waals surface area contributed by atoms with Crippen LogP contribution in [0.2, 0.25) is 0 Å². The lowest BCUT2D eigenvalue weighted by Crippen LogP contribution is -2.50. The van der Waals surface area contributed by atoms with Crippen LogP contribution in [0.3, 0.4) is 0 Å². The average Bonchev–Trinajstić information content (AvgIpc) is 3.50. The Hall–Kier alpha value is -1.75. The van der Waals surface area contributed by atoms with Gasteiger partial charge in [0.2, 0.25) is 0 Å². The Labute approximate surface area is 150 Å². The number of carbonyl (C=O) groups excluding carboxylic acids is 1. The lowest BCUT2D eigenvalue weighted by molar-refractivity contribution is -0.0874. The van der Waals surface area contributed by atoms with E-state index in [0.29, 0.717) is 36.1 Å². The number of carbonyl (C=O) groups is 1. The number of hydrogen-bond acceptors (Lipinski definition) is 4. The predicted molar refractivity (Wildman–Crippen MR) is 96.4 cm³/mol. The summed E-state index contributed by atoms with van der Waals surface area (Å²) in [6, 6.07) is 5.37. The minimum atomic E-state index is 0.0231. The van der Waals surface area contributed by atoms with Crippen molar-refractivity contribution in [1.82, 2.24) is 4.90 Å². The van der Waals surface area contributed by atoms with Crippen molar-refractivity contribution in [3.8, 4) is 11.5 Å². The zero-order valence-electron chi connectivity index (χ0n) is 15.5. The third-order valence-corrected chi connectivity index (χ3v) is 5.15. The molecule has 0 spiro atoms. The zero-order chi connectivity index (χ0) is 17.8. The standard InChI is InChI=1S/C20H29NO4/c1-4-5-6-16-12-21(13-19(25-16)14-7-8-14)20(22)17-10-9-15(23-2)11-18(17)24-3/h9-11,14,16,19H,4-8,12-13H2,1-3H3/t16-,19-/m1/s1. The van der Waals surface area contributed by atoms with Crippen LogP contribution in [0.5, 0.6) is 11.5 Å². The molecule has 5 heteroatoms. The molecule has 138 valence electrons. The van der Waals surface area contributed by atoms with E-state index in [2.05, 4.69) is 6.92 Å². The fourth-order valence-corrected chi connectivity index (χ4v) is 3.50. The molecule has 0 bridgehead atoms. The quantitative estimate of drug-likeness (QED) is 0.757. The fourth-order valence-electron chi connectivity index (χ4n) is 3.50. The highest BCUT2D eigenvalue weighted by atomic mass is 16.5. The van der Waals surface area contributed by atoms with Crippen molar-refractivity contribution in [3.63, 3.8) is 0 Å². The third kappa shape index (κ3) is 4.27. The number of nitrogens with zero attached hydrogens (tertiary/aromatic N) is 1. The van der Waals surface area contributed by atoms with Crippen LogP contribution in [0, 0.1) is 5.92 Å². The molecule has 1 aromatic rings.